The quantitative estimate of drug-likeness (QED) is 0.787. The van der Waals surface area contributed by atoms with Crippen molar-refractivity contribution in [2.75, 3.05) is 30.3 Å². The molecule has 0 spiro atoms. The lowest BCUT2D eigenvalue weighted by atomic mass is 10.1. The fourth-order valence-corrected chi connectivity index (χ4v) is 2.66. The molecule has 4 nitrogen and oxygen atoms in total. The van der Waals surface area contributed by atoms with E-state index in [0.717, 1.165) is 30.4 Å². The van der Waals surface area contributed by atoms with Crippen LogP contribution >= 0.6 is 0 Å². The van der Waals surface area contributed by atoms with Crippen LogP contribution in [-0.4, -0.2) is 29.8 Å². The van der Waals surface area contributed by atoms with E-state index < -0.39 is 0 Å². The average Bonchev–Trinajstić information content (AvgIpc) is 2.88. The van der Waals surface area contributed by atoms with Crippen LogP contribution in [0.2, 0.25) is 0 Å². The average molecular weight is 243 g/mol. The van der Waals surface area contributed by atoms with Crippen molar-refractivity contribution < 1.29 is 5.11 Å². The second-order valence-corrected chi connectivity index (χ2v) is 4.86. The van der Waals surface area contributed by atoms with Crippen molar-refractivity contribution in [2.24, 2.45) is 5.92 Å². The molecule has 0 amide bonds. The lowest BCUT2D eigenvalue weighted by molar-refractivity contribution is 0.238. The fraction of sp³-hybridized carbons (Fsp3) is 0.357. The molecule has 1 aromatic heterocycles. The molecule has 2 aromatic rings. The minimum absolute atomic E-state index is 0.266. The van der Waals surface area contributed by atoms with E-state index in [1.807, 2.05) is 12.1 Å². The smallest absolute Gasteiger partial charge is 0.0951 e. The van der Waals surface area contributed by atoms with Crippen molar-refractivity contribution >= 4 is 22.3 Å². The number of aliphatic hydroxyl groups is 1. The van der Waals surface area contributed by atoms with Crippen molar-refractivity contribution in [2.45, 2.75) is 6.42 Å². The molecule has 0 bridgehead atoms. The Balaban J connectivity index is 2.05. The van der Waals surface area contributed by atoms with E-state index in [4.69, 9.17) is 5.73 Å². The van der Waals surface area contributed by atoms with Gasteiger partial charge in [-0.3, -0.25) is 4.98 Å². The summed E-state index contributed by atoms with van der Waals surface area (Å²) in [6, 6.07) is 7.96. The molecule has 3 rings (SSSR count). The van der Waals surface area contributed by atoms with Crippen molar-refractivity contribution in [3.8, 4) is 0 Å². The molecule has 1 fully saturated rings. The van der Waals surface area contributed by atoms with Gasteiger partial charge in [0.15, 0.2) is 0 Å². The van der Waals surface area contributed by atoms with Gasteiger partial charge in [0.05, 0.1) is 11.2 Å². The molecule has 0 saturated carbocycles. The number of rotatable bonds is 2. The van der Waals surface area contributed by atoms with E-state index in [2.05, 4.69) is 22.0 Å². The Morgan fingerprint density at radius 3 is 3.06 bits per heavy atom. The maximum absolute atomic E-state index is 9.23. The number of pyridine rings is 1. The predicted octanol–water partition coefficient (Wildman–Crippen LogP) is 1.64. The molecule has 1 aliphatic rings. The second kappa shape index (κ2) is 4.46. The van der Waals surface area contributed by atoms with Crippen molar-refractivity contribution in [1.29, 1.82) is 0 Å². The van der Waals surface area contributed by atoms with Crippen LogP contribution in [-0.2, 0) is 0 Å². The van der Waals surface area contributed by atoms with Crippen LogP contribution in [0, 0.1) is 5.92 Å². The summed E-state index contributed by atoms with van der Waals surface area (Å²) in [6.07, 6.45) is 2.81. The third kappa shape index (κ3) is 1.78. The molecular formula is C14H17N3O. The number of aromatic nitrogens is 1. The van der Waals surface area contributed by atoms with Gasteiger partial charge in [-0.05, 0) is 30.7 Å². The third-order valence-electron chi connectivity index (χ3n) is 3.66. The van der Waals surface area contributed by atoms with Crippen molar-refractivity contribution in [3.05, 3.63) is 30.5 Å². The number of nitrogens with two attached hydrogens (primary N) is 1. The molecule has 18 heavy (non-hydrogen) atoms. The van der Waals surface area contributed by atoms with Gasteiger partial charge >= 0.3 is 0 Å². The molecule has 3 N–H and O–H groups in total. The van der Waals surface area contributed by atoms with Gasteiger partial charge in [-0.15, -0.1) is 0 Å². The maximum atomic E-state index is 9.23. The highest BCUT2D eigenvalue weighted by Crippen LogP contribution is 2.32. The van der Waals surface area contributed by atoms with Crippen LogP contribution in [0.15, 0.2) is 30.5 Å². The predicted molar refractivity (Wildman–Crippen MR) is 73.6 cm³/mol. The van der Waals surface area contributed by atoms with Gasteiger partial charge in [-0.25, -0.2) is 0 Å². The van der Waals surface area contributed by atoms with E-state index in [9.17, 15) is 5.11 Å². The van der Waals surface area contributed by atoms with Crippen LogP contribution in [0.1, 0.15) is 6.42 Å². The molecule has 1 unspecified atom stereocenters. The normalized spacial score (nSPS) is 19.6. The zero-order valence-electron chi connectivity index (χ0n) is 10.2. The monoisotopic (exact) mass is 243 g/mol. The highest BCUT2D eigenvalue weighted by atomic mass is 16.3. The number of benzene rings is 1. The highest BCUT2D eigenvalue weighted by Gasteiger charge is 2.23. The first-order valence-electron chi connectivity index (χ1n) is 6.28. The first-order valence-corrected chi connectivity index (χ1v) is 6.28. The van der Waals surface area contributed by atoms with E-state index in [-0.39, 0.29) is 6.61 Å². The second-order valence-electron chi connectivity index (χ2n) is 4.86. The summed E-state index contributed by atoms with van der Waals surface area (Å²) >= 11 is 0. The van der Waals surface area contributed by atoms with E-state index in [0.29, 0.717) is 11.6 Å². The first kappa shape index (κ1) is 11.3. The Labute approximate surface area is 106 Å². The number of hydrogen-bond acceptors (Lipinski definition) is 4. The first-order chi connectivity index (χ1) is 8.79. The minimum Gasteiger partial charge on any atom is -0.397 e. The molecule has 1 aliphatic heterocycles. The van der Waals surface area contributed by atoms with Crippen LogP contribution in [0.5, 0.6) is 0 Å². The van der Waals surface area contributed by atoms with Crippen LogP contribution in [0.25, 0.3) is 10.9 Å². The number of aliphatic hydroxyl groups excluding tert-OH is 1. The summed E-state index contributed by atoms with van der Waals surface area (Å²) in [5, 5.41) is 10.3. The largest absolute Gasteiger partial charge is 0.397 e. The summed E-state index contributed by atoms with van der Waals surface area (Å²) in [7, 11) is 0. The molecule has 1 aromatic carbocycles. The van der Waals surface area contributed by atoms with Gasteiger partial charge in [0.1, 0.15) is 0 Å². The SMILES string of the molecule is Nc1ccc(N2CCC(CO)C2)c2cccnc12. The van der Waals surface area contributed by atoms with Gasteiger partial charge < -0.3 is 15.7 Å². The zero-order chi connectivity index (χ0) is 12.5. The molecular weight excluding hydrogens is 226 g/mol. The fourth-order valence-electron chi connectivity index (χ4n) is 2.66. The van der Waals surface area contributed by atoms with Gasteiger partial charge in [0.2, 0.25) is 0 Å². The highest BCUT2D eigenvalue weighted by molar-refractivity contribution is 5.98. The van der Waals surface area contributed by atoms with E-state index in [1.165, 1.54) is 5.69 Å². The molecule has 1 atom stereocenters. The number of fused-ring (bicyclic) bond motifs is 1. The Kier molecular flexibility index (Phi) is 2.80. The topological polar surface area (TPSA) is 62.4 Å². The summed E-state index contributed by atoms with van der Waals surface area (Å²) in [6.45, 7) is 2.16. The van der Waals surface area contributed by atoms with Gasteiger partial charge in [-0.2, -0.15) is 0 Å². The molecule has 2 heterocycles. The summed E-state index contributed by atoms with van der Waals surface area (Å²) < 4.78 is 0. The van der Waals surface area contributed by atoms with Crippen molar-refractivity contribution in [1.82, 2.24) is 4.98 Å². The Hall–Kier alpha value is -1.81. The Morgan fingerprint density at radius 2 is 2.28 bits per heavy atom. The summed E-state index contributed by atoms with van der Waals surface area (Å²) in [5.74, 6) is 0.384. The van der Waals surface area contributed by atoms with Gasteiger partial charge in [0.25, 0.3) is 0 Å². The van der Waals surface area contributed by atoms with Crippen LogP contribution in [0.3, 0.4) is 0 Å². The third-order valence-corrected chi connectivity index (χ3v) is 3.66. The van der Waals surface area contributed by atoms with Gasteiger partial charge in [-0.1, -0.05) is 0 Å². The lowest BCUT2D eigenvalue weighted by Crippen LogP contribution is -2.20. The maximum Gasteiger partial charge on any atom is 0.0951 e. The zero-order valence-corrected chi connectivity index (χ0v) is 10.2. The molecule has 1 saturated heterocycles. The molecule has 94 valence electrons. The molecule has 0 radical (unpaired) electrons. The van der Waals surface area contributed by atoms with Crippen LogP contribution < -0.4 is 10.6 Å². The number of anilines is 2. The van der Waals surface area contributed by atoms with E-state index in [1.54, 1.807) is 6.20 Å². The number of nitrogen functional groups attached to an aromatic ring is 1. The number of nitrogens with zero attached hydrogens (tertiary/aromatic N) is 2. The number of hydrogen-bond donors (Lipinski definition) is 2. The summed E-state index contributed by atoms with van der Waals surface area (Å²) in [4.78, 5) is 6.66. The Bertz CT molecular complexity index is 570. The van der Waals surface area contributed by atoms with Crippen LogP contribution in [0.4, 0.5) is 11.4 Å². The lowest BCUT2D eigenvalue weighted by Gasteiger charge is -2.20. The van der Waals surface area contributed by atoms with Crippen molar-refractivity contribution in [3.63, 3.8) is 0 Å². The molecule has 0 aliphatic carbocycles. The van der Waals surface area contributed by atoms with Gasteiger partial charge in [0, 0.05) is 42.9 Å². The minimum atomic E-state index is 0.266. The Morgan fingerprint density at radius 1 is 1.39 bits per heavy atom. The molecule has 4 heteroatoms. The van der Waals surface area contributed by atoms with E-state index >= 15 is 0 Å². The standard InChI is InChI=1S/C14H17N3O/c15-12-3-4-13(11-2-1-6-16-14(11)12)17-7-5-10(8-17)9-18/h1-4,6,10,18H,5,7-9,15H2. The summed E-state index contributed by atoms with van der Waals surface area (Å²) in [5.41, 5.74) is 8.70.